The Labute approximate surface area is 114 Å². The summed E-state index contributed by atoms with van der Waals surface area (Å²) in [5.74, 6) is -0.608. The number of carbonyl (C=O) groups is 1. The number of amides is 2. The largest absolute Gasteiger partial charge is 0.322 e. The van der Waals surface area contributed by atoms with Gasteiger partial charge in [0.2, 0.25) is 5.95 Å². The highest BCUT2D eigenvalue weighted by atomic mass is 19.1. The number of urea groups is 1. The van der Waals surface area contributed by atoms with Crippen LogP contribution in [0.1, 0.15) is 0 Å². The highest BCUT2D eigenvalue weighted by Gasteiger charge is 2.22. The zero-order valence-corrected chi connectivity index (χ0v) is 11.1. The van der Waals surface area contributed by atoms with Crippen LogP contribution in [0, 0.1) is 5.95 Å². The first-order chi connectivity index (χ1) is 9.65. The van der Waals surface area contributed by atoms with Gasteiger partial charge < -0.3 is 20.1 Å². The number of H-pyrrole nitrogens is 1. The summed E-state index contributed by atoms with van der Waals surface area (Å²) in [6.07, 6.45) is 2.80. The lowest BCUT2D eigenvalue weighted by atomic mass is 10.3. The molecule has 20 heavy (non-hydrogen) atoms. The Morgan fingerprint density at radius 2 is 2.15 bits per heavy atom. The van der Waals surface area contributed by atoms with Crippen molar-refractivity contribution in [3.63, 3.8) is 0 Å². The van der Waals surface area contributed by atoms with E-state index in [1.807, 2.05) is 7.05 Å². The highest BCUT2D eigenvalue weighted by Crippen LogP contribution is 2.24. The first-order valence-electron chi connectivity index (χ1n) is 6.37. The minimum atomic E-state index is -0.608. The molecule has 7 nitrogen and oxygen atoms in total. The summed E-state index contributed by atoms with van der Waals surface area (Å²) in [4.78, 5) is 26.2. The fourth-order valence-corrected chi connectivity index (χ4v) is 2.21. The van der Waals surface area contributed by atoms with E-state index >= 15 is 0 Å². The lowest BCUT2D eigenvalue weighted by Crippen LogP contribution is -2.48. The third-order valence-corrected chi connectivity index (χ3v) is 3.45. The summed E-state index contributed by atoms with van der Waals surface area (Å²) in [5.41, 5.74) is 0.468. The average Bonchev–Trinajstić information content (AvgIpc) is 2.76. The molecule has 1 aliphatic heterocycles. The van der Waals surface area contributed by atoms with Gasteiger partial charge in [-0.1, -0.05) is 0 Å². The van der Waals surface area contributed by atoms with Crippen LogP contribution in [0.4, 0.5) is 14.9 Å². The number of carbonyl (C=O) groups excluding carboxylic acids is 1. The average molecular weight is 278 g/mol. The normalized spacial score (nSPS) is 16.6. The van der Waals surface area contributed by atoms with Crippen molar-refractivity contribution in [2.75, 3.05) is 38.5 Å². The molecule has 0 unspecified atom stereocenters. The number of anilines is 1. The summed E-state index contributed by atoms with van der Waals surface area (Å²) < 4.78 is 13.8. The van der Waals surface area contributed by atoms with E-state index in [1.54, 1.807) is 4.90 Å². The van der Waals surface area contributed by atoms with Gasteiger partial charge in [0.15, 0.2) is 0 Å². The Hall–Kier alpha value is -2.22. The third kappa shape index (κ3) is 2.29. The molecule has 0 aliphatic carbocycles. The molecule has 3 heterocycles. The maximum atomic E-state index is 13.8. The number of aromatic nitrogens is 3. The molecule has 2 aromatic heterocycles. The Bertz CT molecular complexity index is 634. The molecule has 0 spiro atoms. The van der Waals surface area contributed by atoms with Crippen molar-refractivity contribution < 1.29 is 9.18 Å². The highest BCUT2D eigenvalue weighted by molar-refractivity contribution is 5.99. The molecule has 2 amide bonds. The van der Waals surface area contributed by atoms with Gasteiger partial charge in [-0.05, 0) is 7.05 Å². The van der Waals surface area contributed by atoms with E-state index in [2.05, 4.69) is 25.2 Å². The van der Waals surface area contributed by atoms with Crippen molar-refractivity contribution in [2.24, 2.45) is 0 Å². The van der Waals surface area contributed by atoms with Crippen LogP contribution in [0.2, 0.25) is 0 Å². The molecular formula is C12H15FN6O. The van der Waals surface area contributed by atoms with Crippen LogP contribution in [0.5, 0.6) is 0 Å². The van der Waals surface area contributed by atoms with Crippen LogP contribution in [-0.4, -0.2) is 64.0 Å². The number of halogens is 1. The summed E-state index contributed by atoms with van der Waals surface area (Å²) in [5, 5.41) is 3.07. The van der Waals surface area contributed by atoms with Crippen molar-refractivity contribution in [1.82, 2.24) is 24.8 Å². The van der Waals surface area contributed by atoms with Gasteiger partial charge in [-0.2, -0.15) is 4.39 Å². The Balaban J connectivity index is 1.79. The van der Waals surface area contributed by atoms with E-state index in [4.69, 9.17) is 0 Å². The number of likely N-dealkylation sites (N-methyl/N-ethyl adjacent to an activating group) is 1. The smallest absolute Gasteiger partial charge is 0.322 e. The molecule has 1 saturated heterocycles. The summed E-state index contributed by atoms with van der Waals surface area (Å²) in [7, 11) is 2.01. The lowest BCUT2D eigenvalue weighted by molar-refractivity contribution is 0.164. The Morgan fingerprint density at radius 1 is 1.40 bits per heavy atom. The second-order valence-electron chi connectivity index (χ2n) is 4.82. The quantitative estimate of drug-likeness (QED) is 0.811. The summed E-state index contributed by atoms with van der Waals surface area (Å²) in [6, 6.07) is -0.304. The number of nitrogens with zero attached hydrogens (tertiary/aromatic N) is 4. The second-order valence-corrected chi connectivity index (χ2v) is 4.82. The van der Waals surface area contributed by atoms with Gasteiger partial charge >= 0.3 is 6.03 Å². The number of fused-ring (bicyclic) bond motifs is 1. The van der Waals surface area contributed by atoms with Gasteiger partial charge in [0.1, 0.15) is 17.7 Å². The molecule has 0 radical (unpaired) electrons. The number of hydrogen-bond donors (Lipinski definition) is 2. The maximum absolute atomic E-state index is 13.8. The van der Waals surface area contributed by atoms with Crippen molar-refractivity contribution in [3.05, 3.63) is 18.5 Å². The van der Waals surface area contributed by atoms with Crippen LogP contribution in [0.3, 0.4) is 0 Å². The number of aromatic amines is 1. The van der Waals surface area contributed by atoms with Crippen LogP contribution >= 0.6 is 0 Å². The topological polar surface area (TPSA) is 77.1 Å². The third-order valence-electron chi connectivity index (χ3n) is 3.45. The molecule has 1 aliphatic rings. The van der Waals surface area contributed by atoms with E-state index in [1.165, 1.54) is 12.5 Å². The molecule has 0 saturated carbocycles. The van der Waals surface area contributed by atoms with E-state index < -0.39 is 5.95 Å². The van der Waals surface area contributed by atoms with E-state index in [-0.39, 0.29) is 11.7 Å². The predicted molar refractivity (Wildman–Crippen MR) is 71.9 cm³/mol. The molecule has 0 atom stereocenters. The van der Waals surface area contributed by atoms with Crippen molar-refractivity contribution in [2.45, 2.75) is 0 Å². The van der Waals surface area contributed by atoms with Gasteiger partial charge in [-0.15, -0.1) is 0 Å². The van der Waals surface area contributed by atoms with Crippen molar-refractivity contribution >= 4 is 22.8 Å². The molecule has 1 fully saturated rings. The lowest BCUT2D eigenvalue weighted by Gasteiger charge is -2.32. The minimum absolute atomic E-state index is 0.101. The number of hydrogen-bond acceptors (Lipinski definition) is 4. The fourth-order valence-electron chi connectivity index (χ4n) is 2.21. The molecule has 0 bridgehead atoms. The van der Waals surface area contributed by atoms with Crippen LogP contribution in [-0.2, 0) is 0 Å². The molecule has 106 valence electrons. The molecule has 0 aromatic carbocycles. The predicted octanol–water partition coefficient (Wildman–Crippen LogP) is 0.876. The maximum Gasteiger partial charge on any atom is 0.322 e. The summed E-state index contributed by atoms with van der Waals surface area (Å²) >= 11 is 0. The molecular weight excluding hydrogens is 263 g/mol. The van der Waals surface area contributed by atoms with Gasteiger partial charge in [0, 0.05) is 32.4 Å². The number of piperazine rings is 1. The van der Waals surface area contributed by atoms with Crippen molar-refractivity contribution in [3.8, 4) is 0 Å². The van der Waals surface area contributed by atoms with Crippen LogP contribution in [0.15, 0.2) is 12.5 Å². The fraction of sp³-hybridized carbons (Fsp3) is 0.417. The van der Waals surface area contributed by atoms with E-state index in [9.17, 15) is 9.18 Å². The zero-order chi connectivity index (χ0) is 14.1. The number of rotatable bonds is 1. The zero-order valence-electron chi connectivity index (χ0n) is 11.1. The van der Waals surface area contributed by atoms with Crippen LogP contribution in [0.25, 0.3) is 11.0 Å². The Kier molecular flexibility index (Phi) is 3.23. The van der Waals surface area contributed by atoms with Crippen molar-refractivity contribution in [1.29, 1.82) is 0 Å². The molecule has 2 aromatic rings. The second kappa shape index (κ2) is 5.04. The molecule has 3 rings (SSSR count). The summed E-state index contributed by atoms with van der Waals surface area (Å²) in [6.45, 7) is 2.88. The number of nitrogens with one attached hydrogen (secondary N) is 2. The van der Waals surface area contributed by atoms with Gasteiger partial charge in [0.25, 0.3) is 0 Å². The molecule has 8 heteroatoms. The van der Waals surface area contributed by atoms with E-state index in [0.717, 1.165) is 13.1 Å². The van der Waals surface area contributed by atoms with E-state index in [0.29, 0.717) is 24.1 Å². The first kappa shape index (κ1) is 12.8. The minimum Gasteiger partial charge on any atom is -0.322 e. The monoisotopic (exact) mass is 278 g/mol. The first-order valence-corrected chi connectivity index (χ1v) is 6.37. The standard InChI is InChI=1S/C12H15FN6O/c1-18-2-4-19(5-3-18)12(20)16-9-8-6-14-7-15-11(8)17-10(9)13/h6-7H,2-5H2,1H3,(H,16,20)(H,14,15,17). The SMILES string of the molecule is CN1CCN(C(=O)Nc2c(F)[nH]c3ncncc23)CC1. The van der Waals surface area contributed by atoms with Crippen LogP contribution < -0.4 is 5.32 Å². The van der Waals surface area contributed by atoms with Gasteiger partial charge in [-0.25, -0.2) is 14.8 Å². The van der Waals surface area contributed by atoms with Gasteiger partial charge in [0.05, 0.1) is 5.39 Å². The van der Waals surface area contributed by atoms with Gasteiger partial charge in [-0.3, -0.25) is 0 Å². The molecule has 2 N–H and O–H groups in total. The Morgan fingerprint density at radius 3 is 2.90 bits per heavy atom.